The van der Waals surface area contributed by atoms with Crippen LogP contribution < -0.4 is 25.7 Å². The number of pyridine rings is 1. The van der Waals surface area contributed by atoms with Crippen molar-refractivity contribution in [1.82, 2.24) is 9.88 Å². The van der Waals surface area contributed by atoms with Crippen molar-refractivity contribution in [3.63, 3.8) is 0 Å². The lowest BCUT2D eigenvalue weighted by molar-refractivity contribution is 0.102. The van der Waals surface area contributed by atoms with E-state index in [1.54, 1.807) is 13.2 Å². The summed E-state index contributed by atoms with van der Waals surface area (Å²) in [5.74, 6) is 0.232. The molecule has 3 heterocycles. The number of methoxy groups -OCH3 is 1. The van der Waals surface area contributed by atoms with E-state index < -0.39 is 0 Å². The molecule has 5 rings (SSSR count). The van der Waals surface area contributed by atoms with E-state index in [-0.39, 0.29) is 23.1 Å². The molecule has 1 aromatic heterocycles. The summed E-state index contributed by atoms with van der Waals surface area (Å²) < 4.78 is 10.9. The number of nitrogens with one attached hydrogen (secondary N) is 3. The molecule has 202 valence electrons. The molecular formula is C29H37N5O4. The van der Waals surface area contributed by atoms with Gasteiger partial charge in [0.05, 0.1) is 36.9 Å². The highest BCUT2D eigenvalue weighted by atomic mass is 16.5. The van der Waals surface area contributed by atoms with Crippen LogP contribution in [0.4, 0.5) is 17.1 Å². The first-order valence-electron chi connectivity index (χ1n) is 13.5. The Bertz CT molecular complexity index is 1330. The quantitative estimate of drug-likeness (QED) is 0.415. The fourth-order valence-electron chi connectivity index (χ4n) is 5.67. The van der Waals surface area contributed by atoms with E-state index in [2.05, 4.69) is 39.3 Å². The van der Waals surface area contributed by atoms with Gasteiger partial charge < -0.3 is 30.0 Å². The van der Waals surface area contributed by atoms with E-state index >= 15 is 0 Å². The van der Waals surface area contributed by atoms with Crippen LogP contribution in [-0.4, -0.2) is 74.4 Å². The van der Waals surface area contributed by atoms with Gasteiger partial charge in [-0.05, 0) is 49.7 Å². The van der Waals surface area contributed by atoms with E-state index in [1.807, 2.05) is 30.3 Å². The summed E-state index contributed by atoms with van der Waals surface area (Å²) in [5.41, 5.74) is 3.11. The van der Waals surface area contributed by atoms with Gasteiger partial charge in [0.1, 0.15) is 11.4 Å². The van der Waals surface area contributed by atoms with Crippen LogP contribution in [0.1, 0.15) is 37.2 Å². The monoisotopic (exact) mass is 519 g/mol. The SMILES string of the molecule is CCC1C(Nc2cc(OC)cc3c(=O)cc(C(=O)Nc4ccc(N5CCOCC5)cc4)[nH]c23)CCN1CC. The normalized spacial score (nSPS) is 20.0. The number of morpholine rings is 1. The molecule has 0 spiro atoms. The molecule has 0 radical (unpaired) electrons. The average molecular weight is 520 g/mol. The Morgan fingerprint density at radius 1 is 1.11 bits per heavy atom. The van der Waals surface area contributed by atoms with Gasteiger partial charge in [0.15, 0.2) is 5.43 Å². The number of H-pyrrole nitrogens is 1. The first kappa shape index (κ1) is 26.1. The van der Waals surface area contributed by atoms with E-state index in [1.165, 1.54) is 6.07 Å². The Morgan fingerprint density at radius 3 is 2.55 bits per heavy atom. The summed E-state index contributed by atoms with van der Waals surface area (Å²) in [4.78, 5) is 34.3. The molecule has 0 bridgehead atoms. The number of hydrogen-bond donors (Lipinski definition) is 3. The van der Waals surface area contributed by atoms with Crippen LogP contribution in [0.25, 0.3) is 10.9 Å². The molecule has 9 heteroatoms. The zero-order valence-corrected chi connectivity index (χ0v) is 22.4. The number of nitrogens with zero attached hydrogens (tertiary/aromatic N) is 2. The van der Waals surface area contributed by atoms with Crippen LogP contribution in [0.2, 0.25) is 0 Å². The number of aromatic amines is 1. The van der Waals surface area contributed by atoms with Crippen molar-refractivity contribution in [2.75, 3.05) is 62.0 Å². The maximum absolute atomic E-state index is 13.2. The van der Waals surface area contributed by atoms with Crippen LogP contribution in [0.15, 0.2) is 47.3 Å². The molecule has 38 heavy (non-hydrogen) atoms. The predicted octanol–water partition coefficient (Wildman–Crippen LogP) is 3.91. The van der Waals surface area contributed by atoms with Gasteiger partial charge in [0.25, 0.3) is 5.91 Å². The third-order valence-corrected chi connectivity index (χ3v) is 7.72. The number of amides is 1. The summed E-state index contributed by atoms with van der Waals surface area (Å²) >= 11 is 0. The third-order valence-electron chi connectivity index (χ3n) is 7.72. The average Bonchev–Trinajstić information content (AvgIpc) is 3.35. The number of rotatable bonds is 8. The van der Waals surface area contributed by atoms with Crippen LogP contribution in [-0.2, 0) is 4.74 Å². The lowest BCUT2D eigenvalue weighted by atomic mass is 10.0. The van der Waals surface area contributed by atoms with Crippen LogP contribution in [0.3, 0.4) is 0 Å². The Kier molecular flexibility index (Phi) is 7.85. The number of benzene rings is 2. The highest BCUT2D eigenvalue weighted by molar-refractivity contribution is 6.05. The smallest absolute Gasteiger partial charge is 0.272 e. The van der Waals surface area contributed by atoms with E-state index in [4.69, 9.17) is 9.47 Å². The van der Waals surface area contributed by atoms with Crippen molar-refractivity contribution in [2.45, 2.75) is 38.8 Å². The zero-order valence-electron chi connectivity index (χ0n) is 22.4. The minimum Gasteiger partial charge on any atom is -0.497 e. The Balaban J connectivity index is 1.41. The van der Waals surface area contributed by atoms with Crippen LogP contribution in [0, 0.1) is 0 Å². The molecule has 9 nitrogen and oxygen atoms in total. The minimum atomic E-state index is -0.366. The first-order valence-corrected chi connectivity index (χ1v) is 13.5. The molecule has 2 aliphatic heterocycles. The maximum Gasteiger partial charge on any atom is 0.272 e. The Morgan fingerprint density at radius 2 is 1.87 bits per heavy atom. The van der Waals surface area contributed by atoms with Gasteiger partial charge in [-0.3, -0.25) is 14.5 Å². The van der Waals surface area contributed by atoms with Gasteiger partial charge in [-0.1, -0.05) is 13.8 Å². The number of likely N-dealkylation sites (tertiary alicyclic amines) is 1. The molecule has 3 aromatic rings. The number of carbonyl (C=O) groups excluding carboxylic acids is 1. The number of ether oxygens (including phenoxy) is 2. The summed E-state index contributed by atoms with van der Waals surface area (Å²) in [6.07, 6.45) is 2.04. The summed E-state index contributed by atoms with van der Waals surface area (Å²) in [7, 11) is 1.59. The molecule has 2 saturated heterocycles. The molecule has 2 unspecified atom stereocenters. The van der Waals surface area contributed by atoms with Gasteiger partial charge in [-0.2, -0.15) is 0 Å². The van der Waals surface area contributed by atoms with Crippen LogP contribution in [0.5, 0.6) is 5.75 Å². The predicted molar refractivity (Wildman–Crippen MR) is 152 cm³/mol. The summed E-state index contributed by atoms with van der Waals surface area (Å²) in [5, 5.41) is 7.07. The molecule has 0 saturated carbocycles. The fourth-order valence-corrected chi connectivity index (χ4v) is 5.67. The topological polar surface area (TPSA) is 98.9 Å². The Labute approximate surface area is 223 Å². The summed E-state index contributed by atoms with van der Waals surface area (Å²) in [6.45, 7) is 9.55. The third kappa shape index (κ3) is 5.35. The second-order valence-electron chi connectivity index (χ2n) is 9.89. The van der Waals surface area contributed by atoms with Crippen molar-refractivity contribution in [3.05, 3.63) is 58.4 Å². The van der Waals surface area contributed by atoms with Gasteiger partial charge >= 0.3 is 0 Å². The highest BCUT2D eigenvalue weighted by Crippen LogP contribution is 2.31. The van der Waals surface area contributed by atoms with Gasteiger partial charge in [-0.15, -0.1) is 0 Å². The van der Waals surface area contributed by atoms with Crippen molar-refractivity contribution in [1.29, 1.82) is 0 Å². The fraction of sp³-hybridized carbons (Fsp3) is 0.448. The molecule has 3 N–H and O–H groups in total. The molecule has 0 aliphatic carbocycles. The zero-order chi connectivity index (χ0) is 26.6. The van der Waals surface area contributed by atoms with Gasteiger partial charge in [0.2, 0.25) is 0 Å². The van der Waals surface area contributed by atoms with Gasteiger partial charge in [0, 0.05) is 55.2 Å². The second-order valence-corrected chi connectivity index (χ2v) is 9.89. The molecule has 2 atom stereocenters. The van der Waals surface area contributed by atoms with Crippen molar-refractivity contribution in [2.24, 2.45) is 0 Å². The highest BCUT2D eigenvalue weighted by Gasteiger charge is 2.32. The second kappa shape index (κ2) is 11.4. The van der Waals surface area contributed by atoms with E-state index in [0.717, 1.165) is 50.4 Å². The number of hydrogen-bond acceptors (Lipinski definition) is 7. The number of likely N-dealkylation sites (N-methyl/N-ethyl adjacent to an activating group) is 1. The maximum atomic E-state index is 13.2. The minimum absolute atomic E-state index is 0.210. The van der Waals surface area contributed by atoms with E-state index in [9.17, 15) is 9.59 Å². The molecule has 2 aromatic carbocycles. The van der Waals surface area contributed by atoms with E-state index in [0.29, 0.717) is 41.6 Å². The number of anilines is 3. The Hall–Kier alpha value is -3.56. The van der Waals surface area contributed by atoms with Crippen molar-refractivity contribution in [3.8, 4) is 5.75 Å². The number of fused-ring (bicyclic) bond motifs is 1. The number of aromatic nitrogens is 1. The lowest BCUT2D eigenvalue weighted by Crippen LogP contribution is -2.38. The van der Waals surface area contributed by atoms with Gasteiger partial charge in [-0.25, -0.2) is 0 Å². The molecular weight excluding hydrogens is 482 g/mol. The summed E-state index contributed by atoms with van der Waals surface area (Å²) in [6, 6.07) is 13.3. The standard InChI is InChI=1S/C29H37N5O4/c1-4-26-23(10-11-33(26)5-2)31-24-17-21(37-3)16-22-27(35)18-25(32-28(22)24)29(36)30-19-6-8-20(9-7-19)34-12-14-38-15-13-34/h6-9,16-18,23,26,31H,4-5,10-15H2,1-3H3,(H,30,36)(H,32,35). The molecule has 2 aliphatic rings. The first-order chi connectivity index (χ1) is 18.5. The largest absolute Gasteiger partial charge is 0.497 e. The van der Waals surface area contributed by atoms with Crippen molar-refractivity contribution < 1.29 is 14.3 Å². The lowest BCUT2D eigenvalue weighted by Gasteiger charge is -2.28. The molecule has 2 fully saturated rings. The van der Waals surface area contributed by atoms with Crippen molar-refractivity contribution >= 4 is 33.9 Å². The van der Waals surface area contributed by atoms with Crippen LogP contribution >= 0.6 is 0 Å². The molecule has 1 amide bonds. The number of carbonyl (C=O) groups is 1.